The Balaban J connectivity index is 0.00000364. The van der Waals surface area contributed by atoms with Gasteiger partial charge in [-0.05, 0) is 23.8 Å². The molecule has 0 unspecified atom stereocenters. The predicted octanol–water partition coefficient (Wildman–Crippen LogP) is 6.71. The van der Waals surface area contributed by atoms with Crippen molar-refractivity contribution >= 4 is 20.9 Å². The van der Waals surface area contributed by atoms with E-state index >= 15 is 0 Å². The molecule has 0 aliphatic heterocycles. The normalized spacial score (nSPS) is 11.5. The van der Waals surface area contributed by atoms with Gasteiger partial charge >= 0.3 is 0 Å². The molecule has 4 nitrogen and oxygen atoms in total. The maximum absolute atomic E-state index is 11.9. The monoisotopic (exact) mass is 393 g/mol. The van der Waals surface area contributed by atoms with Crippen LogP contribution < -0.4 is 6.15 Å². The Morgan fingerprint density at radius 3 is 1.93 bits per heavy atom. The lowest BCUT2D eigenvalue weighted by Gasteiger charge is -2.11. The summed E-state index contributed by atoms with van der Waals surface area (Å²) in [6.45, 7) is 2.24. The van der Waals surface area contributed by atoms with Gasteiger partial charge < -0.3 is 6.15 Å². The van der Waals surface area contributed by atoms with Crippen molar-refractivity contribution in [2.24, 2.45) is 0 Å². The molecule has 5 heteroatoms. The topological polar surface area (TPSA) is 89.4 Å². The maximum Gasteiger partial charge on any atom is 0.295 e. The van der Waals surface area contributed by atoms with Crippen LogP contribution in [0.3, 0.4) is 0 Å². The standard InChI is InChI=1S/C22H32O3S.H3N/c1-2-3-4-5-6-7-8-9-10-11-15-20-18-17-19-14-12-13-16-21(19)22(20)26(23,24)25;/h12-14,16-18H,2-11,15H2,1H3,(H,23,24,25);1H3. The van der Waals surface area contributed by atoms with E-state index < -0.39 is 10.1 Å². The number of rotatable bonds is 12. The van der Waals surface area contributed by atoms with Crippen molar-refractivity contribution in [3.05, 3.63) is 42.0 Å². The lowest BCUT2D eigenvalue weighted by atomic mass is 10.0. The third-order valence-corrected chi connectivity index (χ3v) is 6.02. The van der Waals surface area contributed by atoms with Crippen LogP contribution in [-0.2, 0) is 16.5 Å². The van der Waals surface area contributed by atoms with Crippen LogP contribution in [0.5, 0.6) is 0 Å². The largest absolute Gasteiger partial charge is 0.344 e. The van der Waals surface area contributed by atoms with Gasteiger partial charge in [0.2, 0.25) is 0 Å². The molecule has 0 bridgehead atoms. The van der Waals surface area contributed by atoms with Crippen molar-refractivity contribution in [1.29, 1.82) is 0 Å². The SMILES string of the molecule is CCCCCCCCCCCCc1ccc2ccccc2c1S(=O)(=O)O.N. The smallest absolute Gasteiger partial charge is 0.295 e. The Kier molecular flexibility index (Phi) is 10.6. The van der Waals surface area contributed by atoms with Crippen molar-refractivity contribution < 1.29 is 13.0 Å². The Morgan fingerprint density at radius 2 is 1.33 bits per heavy atom. The van der Waals surface area contributed by atoms with E-state index in [1.807, 2.05) is 24.3 Å². The summed E-state index contributed by atoms with van der Waals surface area (Å²) in [5, 5.41) is 1.45. The molecule has 0 amide bonds. The second-order valence-corrected chi connectivity index (χ2v) is 8.54. The zero-order chi connectivity index (χ0) is 18.8. The van der Waals surface area contributed by atoms with Crippen molar-refractivity contribution in [2.75, 3.05) is 0 Å². The molecule has 0 saturated heterocycles. The molecule has 0 fully saturated rings. The summed E-state index contributed by atoms with van der Waals surface area (Å²) in [5.41, 5.74) is 0.728. The second kappa shape index (κ2) is 12.1. The summed E-state index contributed by atoms with van der Waals surface area (Å²) in [6.07, 6.45) is 13.2. The van der Waals surface area contributed by atoms with Crippen molar-refractivity contribution in [3.8, 4) is 0 Å². The Morgan fingerprint density at radius 1 is 0.778 bits per heavy atom. The molecular formula is C22H35NO3S. The van der Waals surface area contributed by atoms with E-state index in [4.69, 9.17) is 0 Å². The van der Waals surface area contributed by atoms with Gasteiger partial charge in [0, 0.05) is 5.39 Å². The highest BCUT2D eigenvalue weighted by Gasteiger charge is 2.18. The minimum atomic E-state index is -4.22. The van der Waals surface area contributed by atoms with Gasteiger partial charge in [0.15, 0.2) is 0 Å². The molecule has 4 N–H and O–H groups in total. The fourth-order valence-corrected chi connectivity index (χ4v) is 4.56. The Bertz CT molecular complexity index is 787. The molecule has 0 aliphatic carbocycles. The van der Waals surface area contributed by atoms with Gasteiger partial charge in [0.25, 0.3) is 10.1 Å². The van der Waals surface area contributed by atoms with Gasteiger partial charge in [-0.1, -0.05) is 101 Å². The number of aryl methyl sites for hydroxylation is 1. The third kappa shape index (κ3) is 7.60. The van der Waals surface area contributed by atoms with E-state index in [0.717, 1.165) is 23.8 Å². The van der Waals surface area contributed by atoms with Crippen LogP contribution >= 0.6 is 0 Å². The summed E-state index contributed by atoms with van der Waals surface area (Å²) in [5.74, 6) is 0. The molecular weight excluding hydrogens is 358 g/mol. The highest BCUT2D eigenvalue weighted by Crippen LogP contribution is 2.28. The molecule has 0 radical (unpaired) electrons. The van der Waals surface area contributed by atoms with Gasteiger partial charge in [0.1, 0.15) is 4.90 Å². The number of hydrogen-bond acceptors (Lipinski definition) is 3. The predicted molar refractivity (Wildman–Crippen MR) is 114 cm³/mol. The second-order valence-electron chi connectivity index (χ2n) is 7.18. The van der Waals surface area contributed by atoms with E-state index in [1.54, 1.807) is 12.1 Å². The Labute approximate surface area is 164 Å². The zero-order valence-corrected chi connectivity index (χ0v) is 17.4. The van der Waals surface area contributed by atoms with Crippen LogP contribution in [0, 0.1) is 0 Å². The van der Waals surface area contributed by atoms with Gasteiger partial charge in [-0.2, -0.15) is 8.42 Å². The summed E-state index contributed by atoms with van der Waals surface area (Å²) in [4.78, 5) is 0.0894. The molecule has 152 valence electrons. The van der Waals surface area contributed by atoms with Crippen molar-refractivity contribution in [3.63, 3.8) is 0 Å². The molecule has 0 aromatic heterocycles. The first-order chi connectivity index (χ1) is 12.5. The van der Waals surface area contributed by atoms with E-state index in [2.05, 4.69) is 6.92 Å². The first-order valence-electron chi connectivity index (χ1n) is 10.0. The fourth-order valence-electron chi connectivity index (χ4n) is 3.59. The average molecular weight is 394 g/mol. The van der Waals surface area contributed by atoms with E-state index in [1.165, 1.54) is 51.4 Å². The lowest BCUT2D eigenvalue weighted by Crippen LogP contribution is -2.04. The fraction of sp³-hybridized carbons (Fsp3) is 0.545. The van der Waals surface area contributed by atoms with Crippen LogP contribution in [0.2, 0.25) is 0 Å². The Hall–Kier alpha value is -1.43. The summed E-state index contributed by atoms with van der Waals surface area (Å²) in [7, 11) is -4.22. The lowest BCUT2D eigenvalue weighted by molar-refractivity contribution is 0.482. The minimum Gasteiger partial charge on any atom is -0.344 e. The number of hydrogen-bond donors (Lipinski definition) is 2. The van der Waals surface area contributed by atoms with Crippen LogP contribution in [-0.4, -0.2) is 13.0 Å². The maximum atomic E-state index is 11.9. The molecule has 27 heavy (non-hydrogen) atoms. The molecule has 2 aromatic rings. The molecule has 2 aromatic carbocycles. The van der Waals surface area contributed by atoms with E-state index in [9.17, 15) is 13.0 Å². The van der Waals surface area contributed by atoms with Gasteiger partial charge in [-0.15, -0.1) is 0 Å². The molecule has 0 spiro atoms. The van der Waals surface area contributed by atoms with Crippen LogP contribution in [0.4, 0.5) is 0 Å². The van der Waals surface area contributed by atoms with Crippen molar-refractivity contribution in [2.45, 2.75) is 82.4 Å². The summed E-state index contributed by atoms with van der Waals surface area (Å²) in [6, 6.07) is 11.1. The quantitative estimate of drug-likeness (QED) is 0.310. The number of benzene rings is 2. The molecule has 2 rings (SSSR count). The van der Waals surface area contributed by atoms with Crippen LogP contribution in [0.1, 0.15) is 76.7 Å². The first-order valence-corrected chi connectivity index (χ1v) is 11.5. The average Bonchev–Trinajstić information content (AvgIpc) is 2.62. The van der Waals surface area contributed by atoms with E-state index in [-0.39, 0.29) is 11.0 Å². The third-order valence-electron chi connectivity index (χ3n) is 5.02. The highest BCUT2D eigenvalue weighted by molar-refractivity contribution is 7.86. The summed E-state index contributed by atoms with van der Waals surface area (Å²) < 4.78 is 33.5. The molecule has 0 atom stereocenters. The highest BCUT2D eigenvalue weighted by atomic mass is 32.2. The van der Waals surface area contributed by atoms with E-state index in [0.29, 0.717) is 11.8 Å². The number of unbranched alkanes of at least 4 members (excludes halogenated alkanes) is 9. The number of fused-ring (bicyclic) bond motifs is 1. The molecule has 0 saturated carbocycles. The van der Waals surface area contributed by atoms with Gasteiger partial charge in [0.05, 0.1) is 0 Å². The van der Waals surface area contributed by atoms with Crippen LogP contribution in [0.15, 0.2) is 41.3 Å². The molecule has 0 aliphatic rings. The van der Waals surface area contributed by atoms with Gasteiger partial charge in [-0.3, -0.25) is 4.55 Å². The first kappa shape index (κ1) is 23.6. The van der Waals surface area contributed by atoms with Gasteiger partial charge in [-0.25, -0.2) is 0 Å². The summed E-state index contributed by atoms with van der Waals surface area (Å²) >= 11 is 0. The minimum absolute atomic E-state index is 0. The molecule has 0 heterocycles. The zero-order valence-electron chi connectivity index (χ0n) is 16.6. The van der Waals surface area contributed by atoms with Crippen LogP contribution in [0.25, 0.3) is 10.8 Å². The van der Waals surface area contributed by atoms with Crippen molar-refractivity contribution in [1.82, 2.24) is 6.15 Å².